The lowest BCUT2D eigenvalue weighted by atomic mass is 9.80. The van der Waals surface area contributed by atoms with Gasteiger partial charge in [-0.15, -0.1) is 0 Å². The summed E-state index contributed by atoms with van der Waals surface area (Å²) >= 11 is 0. The minimum Gasteiger partial charge on any atom is -0.497 e. The second kappa shape index (κ2) is 18.8. The smallest absolute Gasteiger partial charge is 0.195 e. The maximum Gasteiger partial charge on any atom is 0.195 e. The van der Waals surface area contributed by atoms with Crippen LogP contribution in [0.1, 0.15) is 54.1 Å². The standard InChI is InChI=1S/C58H42N2O6/c1-63-49-31-23-45(24-32-49)59(46-25-33-50(64-2)34-26-46)43-19-13-39(14-20-43)11-17-41-7-5-9-53-55(41)57(61)54-10-6-8-42(56(54)58(53)62)18-12-40-15-21-44(22-16-40)60(47-27-35-51(65-3)36-28-47)48-29-37-52(66-4)38-30-48/h5-10,13-16,19-38H,1-4H3. The van der Waals surface area contributed by atoms with Crippen molar-refractivity contribution >= 4 is 45.7 Å². The van der Waals surface area contributed by atoms with Crippen molar-refractivity contribution in [3.05, 3.63) is 226 Å². The third kappa shape index (κ3) is 8.55. The fourth-order valence-corrected chi connectivity index (χ4v) is 7.94. The Labute approximate surface area is 384 Å². The van der Waals surface area contributed by atoms with Gasteiger partial charge in [0.25, 0.3) is 0 Å². The molecular formula is C58H42N2O6. The SMILES string of the molecule is COc1ccc(N(c2ccc(C#Cc3cccc4c3C(=O)c3cccc(C#Cc5ccc(N(c6ccc(OC)cc6)c6ccc(OC)cc6)cc5)c3C4=O)cc2)c2ccc(OC)cc2)cc1. The Kier molecular flexibility index (Phi) is 12.0. The summed E-state index contributed by atoms with van der Waals surface area (Å²) in [6, 6.07) is 57.7. The van der Waals surface area contributed by atoms with E-state index in [1.165, 1.54) is 0 Å². The van der Waals surface area contributed by atoms with E-state index in [1.54, 1.807) is 64.8 Å². The zero-order valence-corrected chi connectivity index (χ0v) is 36.7. The number of hydrogen-bond donors (Lipinski definition) is 0. The van der Waals surface area contributed by atoms with E-state index in [4.69, 9.17) is 18.9 Å². The Morgan fingerprint density at radius 3 is 0.833 bits per heavy atom. The monoisotopic (exact) mass is 862 g/mol. The highest BCUT2D eigenvalue weighted by molar-refractivity contribution is 6.30. The van der Waals surface area contributed by atoms with Gasteiger partial charge in [-0.05, 0) is 158 Å². The number of anilines is 6. The summed E-state index contributed by atoms with van der Waals surface area (Å²) in [5.41, 5.74) is 9.27. The van der Waals surface area contributed by atoms with Gasteiger partial charge in [0.2, 0.25) is 0 Å². The summed E-state index contributed by atoms with van der Waals surface area (Å²) in [5, 5.41) is 0. The van der Waals surface area contributed by atoms with Crippen molar-refractivity contribution < 1.29 is 28.5 Å². The summed E-state index contributed by atoms with van der Waals surface area (Å²) in [6.07, 6.45) is 0. The van der Waals surface area contributed by atoms with Crippen LogP contribution >= 0.6 is 0 Å². The third-order valence-electron chi connectivity index (χ3n) is 11.3. The van der Waals surface area contributed by atoms with E-state index >= 15 is 0 Å². The minimum atomic E-state index is -0.264. The molecule has 0 saturated heterocycles. The van der Waals surface area contributed by atoms with E-state index < -0.39 is 0 Å². The Bertz CT molecular complexity index is 2880. The van der Waals surface area contributed by atoms with Gasteiger partial charge in [0, 0.05) is 78.6 Å². The van der Waals surface area contributed by atoms with Crippen molar-refractivity contribution in [1.82, 2.24) is 0 Å². The number of methoxy groups -OCH3 is 4. The van der Waals surface area contributed by atoms with E-state index in [-0.39, 0.29) is 11.6 Å². The van der Waals surface area contributed by atoms with Crippen LogP contribution in [0.15, 0.2) is 182 Å². The molecule has 0 spiro atoms. The molecular weight excluding hydrogens is 821 g/mol. The first-order valence-electron chi connectivity index (χ1n) is 21.1. The molecule has 1 aliphatic carbocycles. The molecule has 320 valence electrons. The summed E-state index contributed by atoms with van der Waals surface area (Å²) in [7, 11) is 6.58. The van der Waals surface area contributed by atoms with Gasteiger partial charge in [0.05, 0.1) is 28.4 Å². The molecule has 66 heavy (non-hydrogen) atoms. The van der Waals surface area contributed by atoms with Crippen LogP contribution in [0, 0.1) is 23.7 Å². The normalized spacial score (nSPS) is 11.2. The van der Waals surface area contributed by atoms with Crippen LogP contribution in [0.5, 0.6) is 23.0 Å². The number of nitrogens with zero attached hydrogens (tertiary/aromatic N) is 2. The molecule has 0 amide bonds. The van der Waals surface area contributed by atoms with Crippen LogP contribution in [0.4, 0.5) is 34.1 Å². The third-order valence-corrected chi connectivity index (χ3v) is 11.3. The average Bonchev–Trinajstić information content (AvgIpc) is 3.38. The van der Waals surface area contributed by atoms with Crippen LogP contribution in [0.25, 0.3) is 0 Å². The van der Waals surface area contributed by atoms with E-state index in [9.17, 15) is 9.59 Å². The van der Waals surface area contributed by atoms with Gasteiger partial charge in [0.1, 0.15) is 23.0 Å². The van der Waals surface area contributed by atoms with Crippen molar-refractivity contribution in [3.63, 3.8) is 0 Å². The largest absolute Gasteiger partial charge is 0.497 e. The van der Waals surface area contributed by atoms with E-state index in [1.807, 2.05) is 146 Å². The highest BCUT2D eigenvalue weighted by atomic mass is 16.5. The van der Waals surface area contributed by atoms with Crippen LogP contribution in [0.2, 0.25) is 0 Å². The minimum absolute atomic E-state index is 0.264. The predicted molar refractivity (Wildman–Crippen MR) is 260 cm³/mol. The van der Waals surface area contributed by atoms with Gasteiger partial charge in [-0.25, -0.2) is 0 Å². The summed E-state index contributed by atoms with van der Waals surface area (Å²) in [5.74, 6) is 15.4. The summed E-state index contributed by atoms with van der Waals surface area (Å²) in [6.45, 7) is 0. The maximum absolute atomic E-state index is 14.3. The second-order valence-corrected chi connectivity index (χ2v) is 15.2. The molecule has 0 unspecified atom stereocenters. The fraction of sp³-hybridized carbons (Fsp3) is 0.0690. The number of carbonyl (C=O) groups is 2. The molecule has 8 heteroatoms. The Hall–Kier alpha value is -8.98. The quantitative estimate of drug-likeness (QED) is 0.126. The Morgan fingerprint density at radius 2 is 0.576 bits per heavy atom. The molecule has 9 rings (SSSR count). The van der Waals surface area contributed by atoms with Crippen LogP contribution in [-0.2, 0) is 0 Å². The first-order chi connectivity index (χ1) is 32.3. The lowest BCUT2D eigenvalue weighted by Crippen LogP contribution is -2.23. The van der Waals surface area contributed by atoms with Gasteiger partial charge in [-0.3, -0.25) is 9.59 Å². The van der Waals surface area contributed by atoms with Crippen molar-refractivity contribution in [1.29, 1.82) is 0 Å². The molecule has 0 aliphatic heterocycles. The molecule has 0 fully saturated rings. The highest BCUT2D eigenvalue weighted by Crippen LogP contribution is 2.38. The average molecular weight is 863 g/mol. The molecule has 8 aromatic rings. The lowest BCUT2D eigenvalue weighted by molar-refractivity contribution is 0.0978. The van der Waals surface area contributed by atoms with Gasteiger partial charge in [-0.1, -0.05) is 47.9 Å². The number of ether oxygens (including phenoxy) is 4. The predicted octanol–water partition coefficient (Wildman–Crippen LogP) is 12.2. The first kappa shape index (κ1) is 42.3. The van der Waals surface area contributed by atoms with Crippen molar-refractivity contribution in [2.75, 3.05) is 38.2 Å². The van der Waals surface area contributed by atoms with E-state index in [2.05, 4.69) is 33.5 Å². The molecule has 0 radical (unpaired) electrons. The molecule has 0 heterocycles. The van der Waals surface area contributed by atoms with E-state index in [0.29, 0.717) is 33.4 Å². The number of hydrogen-bond acceptors (Lipinski definition) is 8. The van der Waals surface area contributed by atoms with Crippen molar-refractivity contribution in [2.24, 2.45) is 0 Å². The first-order valence-corrected chi connectivity index (χ1v) is 21.1. The highest BCUT2D eigenvalue weighted by Gasteiger charge is 2.33. The van der Waals surface area contributed by atoms with Gasteiger partial charge in [0.15, 0.2) is 11.6 Å². The lowest BCUT2D eigenvalue weighted by Gasteiger charge is -2.25. The maximum atomic E-state index is 14.3. The molecule has 0 atom stereocenters. The van der Waals surface area contributed by atoms with Gasteiger partial charge >= 0.3 is 0 Å². The van der Waals surface area contributed by atoms with Crippen LogP contribution < -0.4 is 28.7 Å². The fourth-order valence-electron chi connectivity index (χ4n) is 7.94. The summed E-state index contributed by atoms with van der Waals surface area (Å²) in [4.78, 5) is 32.8. The molecule has 8 aromatic carbocycles. The van der Waals surface area contributed by atoms with E-state index in [0.717, 1.165) is 68.2 Å². The van der Waals surface area contributed by atoms with Crippen LogP contribution in [-0.4, -0.2) is 40.0 Å². The second-order valence-electron chi connectivity index (χ2n) is 15.2. The number of rotatable bonds is 10. The zero-order valence-electron chi connectivity index (χ0n) is 36.7. The van der Waals surface area contributed by atoms with Crippen LogP contribution in [0.3, 0.4) is 0 Å². The molecule has 0 aromatic heterocycles. The molecule has 0 saturated carbocycles. The summed E-state index contributed by atoms with van der Waals surface area (Å²) < 4.78 is 21.6. The van der Waals surface area contributed by atoms with Gasteiger partial charge < -0.3 is 28.7 Å². The number of ketones is 2. The number of carbonyl (C=O) groups excluding carboxylic acids is 2. The Morgan fingerprint density at radius 1 is 0.318 bits per heavy atom. The molecule has 1 aliphatic rings. The molecule has 0 bridgehead atoms. The topological polar surface area (TPSA) is 77.5 Å². The number of benzene rings is 8. The molecule has 8 nitrogen and oxygen atoms in total. The van der Waals surface area contributed by atoms with Crippen molar-refractivity contribution in [3.8, 4) is 46.7 Å². The molecule has 0 N–H and O–H groups in total. The van der Waals surface area contributed by atoms with Crippen molar-refractivity contribution in [2.45, 2.75) is 0 Å². The zero-order chi connectivity index (χ0) is 45.6. The Balaban J connectivity index is 0.972. The number of fused-ring (bicyclic) bond motifs is 2. The van der Waals surface area contributed by atoms with Gasteiger partial charge in [-0.2, -0.15) is 0 Å².